The summed E-state index contributed by atoms with van der Waals surface area (Å²) in [4.78, 5) is 12.5. The number of halogens is 1. The summed E-state index contributed by atoms with van der Waals surface area (Å²) in [5.41, 5.74) is 2.09. The molecule has 2 rings (SSSR count). The van der Waals surface area contributed by atoms with Crippen LogP contribution in [0.2, 0.25) is 0 Å². The number of anilines is 1. The molecule has 0 fully saturated rings. The fourth-order valence-corrected chi connectivity index (χ4v) is 2.74. The van der Waals surface area contributed by atoms with Crippen LogP contribution in [0.1, 0.15) is 22.8 Å². The summed E-state index contributed by atoms with van der Waals surface area (Å²) >= 11 is 3.40. The lowest BCUT2D eigenvalue weighted by molar-refractivity contribution is 0.102. The molecule has 0 aliphatic rings. The molecular weight excluding hydrogens is 346 g/mol. The van der Waals surface area contributed by atoms with Crippen LogP contribution in [0.4, 0.5) is 5.69 Å². The second kappa shape index (κ2) is 7.31. The molecule has 0 bridgehead atoms. The molecule has 0 radical (unpaired) electrons. The Kier molecular flexibility index (Phi) is 5.44. The maximum atomic E-state index is 12.5. The zero-order valence-corrected chi connectivity index (χ0v) is 14.4. The summed E-state index contributed by atoms with van der Waals surface area (Å²) in [6, 6.07) is 10.9. The summed E-state index contributed by atoms with van der Waals surface area (Å²) in [7, 11) is 1.56. The van der Waals surface area contributed by atoms with Gasteiger partial charge < -0.3 is 14.8 Å². The van der Waals surface area contributed by atoms with Gasteiger partial charge in [0.2, 0.25) is 0 Å². The number of carbonyl (C=O) groups is 1. The molecule has 0 heterocycles. The van der Waals surface area contributed by atoms with E-state index in [9.17, 15) is 4.79 Å². The van der Waals surface area contributed by atoms with E-state index < -0.39 is 0 Å². The average molecular weight is 364 g/mol. The lowest BCUT2D eigenvalue weighted by atomic mass is 10.1. The summed E-state index contributed by atoms with van der Waals surface area (Å²) in [5.74, 6) is 1.13. The minimum absolute atomic E-state index is 0.217. The summed E-state index contributed by atoms with van der Waals surface area (Å²) in [6.07, 6.45) is 0. The first kappa shape index (κ1) is 16.4. The van der Waals surface area contributed by atoms with Crippen LogP contribution in [-0.2, 0) is 0 Å². The highest BCUT2D eigenvalue weighted by atomic mass is 79.9. The number of methoxy groups -OCH3 is 1. The zero-order chi connectivity index (χ0) is 16.1. The lowest BCUT2D eigenvalue weighted by Crippen LogP contribution is -2.13. The van der Waals surface area contributed by atoms with Crippen molar-refractivity contribution in [2.75, 3.05) is 19.0 Å². The molecule has 0 atom stereocenters. The number of nitrogens with one attached hydrogen (secondary N) is 1. The van der Waals surface area contributed by atoms with E-state index in [1.165, 1.54) is 0 Å². The molecule has 0 saturated heterocycles. The average Bonchev–Trinajstić information content (AvgIpc) is 2.49. The number of benzene rings is 2. The van der Waals surface area contributed by atoms with Crippen LogP contribution in [0.15, 0.2) is 40.9 Å². The second-order valence-electron chi connectivity index (χ2n) is 4.72. The molecule has 116 valence electrons. The monoisotopic (exact) mass is 363 g/mol. The maximum Gasteiger partial charge on any atom is 0.259 e. The zero-order valence-electron chi connectivity index (χ0n) is 12.8. The third kappa shape index (κ3) is 3.80. The third-order valence-electron chi connectivity index (χ3n) is 3.11. The van der Waals surface area contributed by atoms with E-state index in [0.717, 1.165) is 15.8 Å². The first-order chi connectivity index (χ1) is 10.5. The number of ether oxygens (including phenoxy) is 2. The first-order valence-corrected chi connectivity index (χ1v) is 7.72. The van der Waals surface area contributed by atoms with Gasteiger partial charge in [-0.3, -0.25) is 4.79 Å². The van der Waals surface area contributed by atoms with Crippen LogP contribution in [0.5, 0.6) is 11.5 Å². The van der Waals surface area contributed by atoms with Gasteiger partial charge >= 0.3 is 0 Å². The highest BCUT2D eigenvalue weighted by molar-refractivity contribution is 9.10. The topological polar surface area (TPSA) is 47.6 Å². The van der Waals surface area contributed by atoms with Gasteiger partial charge in [0.25, 0.3) is 5.91 Å². The predicted octanol–water partition coefficient (Wildman–Crippen LogP) is 4.42. The molecule has 0 aliphatic carbocycles. The van der Waals surface area contributed by atoms with Gasteiger partial charge in [0.15, 0.2) is 0 Å². The standard InChI is InChI=1S/C17H18BrNO3/c1-4-22-14-7-5-13(6-8-14)19-17(20)15-10-12(18)9-11(2)16(15)21-3/h5-10H,4H2,1-3H3,(H,19,20). The van der Waals surface area contributed by atoms with Crippen LogP contribution < -0.4 is 14.8 Å². The van der Waals surface area contributed by atoms with E-state index in [-0.39, 0.29) is 5.91 Å². The number of amides is 1. The van der Waals surface area contributed by atoms with Crippen molar-refractivity contribution in [1.29, 1.82) is 0 Å². The van der Waals surface area contributed by atoms with Crippen molar-refractivity contribution in [2.24, 2.45) is 0 Å². The Balaban J connectivity index is 2.22. The van der Waals surface area contributed by atoms with Gasteiger partial charge in [-0.05, 0) is 55.8 Å². The maximum absolute atomic E-state index is 12.5. The van der Waals surface area contributed by atoms with Crippen LogP contribution in [-0.4, -0.2) is 19.6 Å². The Morgan fingerprint density at radius 3 is 2.50 bits per heavy atom. The van der Waals surface area contributed by atoms with E-state index >= 15 is 0 Å². The smallest absolute Gasteiger partial charge is 0.259 e. The Hall–Kier alpha value is -2.01. The van der Waals surface area contributed by atoms with Crippen LogP contribution in [0, 0.1) is 6.92 Å². The Bertz CT molecular complexity index is 668. The highest BCUT2D eigenvalue weighted by Crippen LogP contribution is 2.28. The van der Waals surface area contributed by atoms with Crippen molar-refractivity contribution in [3.05, 3.63) is 52.0 Å². The number of hydrogen-bond donors (Lipinski definition) is 1. The van der Waals surface area contributed by atoms with Crippen molar-refractivity contribution in [2.45, 2.75) is 13.8 Å². The number of carbonyl (C=O) groups excluding carboxylic acids is 1. The summed E-state index contributed by atoms with van der Waals surface area (Å²) in [6.45, 7) is 4.44. The lowest BCUT2D eigenvalue weighted by Gasteiger charge is -2.13. The number of aryl methyl sites for hydroxylation is 1. The normalized spacial score (nSPS) is 10.2. The summed E-state index contributed by atoms with van der Waals surface area (Å²) in [5, 5.41) is 2.86. The fourth-order valence-electron chi connectivity index (χ4n) is 2.17. The quantitative estimate of drug-likeness (QED) is 0.855. The largest absolute Gasteiger partial charge is 0.496 e. The van der Waals surface area contributed by atoms with Crippen molar-refractivity contribution < 1.29 is 14.3 Å². The molecule has 5 heteroatoms. The van der Waals surface area contributed by atoms with Gasteiger partial charge in [-0.1, -0.05) is 15.9 Å². The number of hydrogen-bond acceptors (Lipinski definition) is 3. The molecule has 1 amide bonds. The van der Waals surface area contributed by atoms with Gasteiger partial charge in [-0.25, -0.2) is 0 Å². The van der Waals surface area contributed by atoms with Gasteiger partial charge in [0.1, 0.15) is 11.5 Å². The third-order valence-corrected chi connectivity index (χ3v) is 3.57. The predicted molar refractivity (Wildman–Crippen MR) is 91.0 cm³/mol. The molecule has 22 heavy (non-hydrogen) atoms. The molecule has 0 aromatic heterocycles. The summed E-state index contributed by atoms with van der Waals surface area (Å²) < 4.78 is 11.6. The molecule has 2 aromatic carbocycles. The number of rotatable bonds is 5. The molecular formula is C17H18BrNO3. The SMILES string of the molecule is CCOc1ccc(NC(=O)c2cc(Br)cc(C)c2OC)cc1. The molecule has 0 spiro atoms. The molecule has 0 aliphatic heterocycles. The van der Waals surface area contributed by atoms with E-state index in [1.54, 1.807) is 25.3 Å². The van der Waals surface area contributed by atoms with Crippen LogP contribution >= 0.6 is 15.9 Å². The van der Waals surface area contributed by atoms with Gasteiger partial charge in [-0.2, -0.15) is 0 Å². The Morgan fingerprint density at radius 2 is 1.91 bits per heavy atom. The molecule has 0 saturated carbocycles. The van der Waals surface area contributed by atoms with Crippen molar-refractivity contribution in [3.63, 3.8) is 0 Å². The van der Waals surface area contributed by atoms with Crippen LogP contribution in [0.25, 0.3) is 0 Å². The minimum atomic E-state index is -0.217. The first-order valence-electron chi connectivity index (χ1n) is 6.93. The molecule has 2 aromatic rings. The van der Waals surface area contributed by atoms with Crippen molar-refractivity contribution in [1.82, 2.24) is 0 Å². The minimum Gasteiger partial charge on any atom is -0.496 e. The van der Waals surface area contributed by atoms with Crippen LogP contribution in [0.3, 0.4) is 0 Å². The molecule has 4 nitrogen and oxygen atoms in total. The van der Waals surface area contributed by atoms with Gasteiger partial charge in [0, 0.05) is 10.2 Å². The van der Waals surface area contributed by atoms with E-state index in [1.807, 2.05) is 32.0 Å². The van der Waals surface area contributed by atoms with E-state index in [4.69, 9.17) is 9.47 Å². The second-order valence-corrected chi connectivity index (χ2v) is 5.63. The van der Waals surface area contributed by atoms with E-state index in [0.29, 0.717) is 23.6 Å². The van der Waals surface area contributed by atoms with E-state index in [2.05, 4.69) is 21.2 Å². The van der Waals surface area contributed by atoms with Crippen molar-refractivity contribution >= 4 is 27.5 Å². The molecule has 0 unspecified atom stereocenters. The highest BCUT2D eigenvalue weighted by Gasteiger charge is 2.15. The Labute approximate surface area is 138 Å². The molecule has 1 N–H and O–H groups in total. The van der Waals surface area contributed by atoms with Crippen molar-refractivity contribution in [3.8, 4) is 11.5 Å². The fraction of sp³-hybridized carbons (Fsp3) is 0.235. The Morgan fingerprint density at radius 1 is 1.23 bits per heavy atom. The van der Waals surface area contributed by atoms with Gasteiger partial charge in [0.05, 0.1) is 19.3 Å². The van der Waals surface area contributed by atoms with Gasteiger partial charge in [-0.15, -0.1) is 0 Å².